The largest absolute Gasteiger partial charge is 0.308 e. The van der Waals surface area contributed by atoms with Crippen LogP contribution in [0.15, 0.2) is 24.3 Å². The lowest BCUT2D eigenvalue weighted by molar-refractivity contribution is 0.364. The van der Waals surface area contributed by atoms with Crippen molar-refractivity contribution < 1.29 is 0 Å². The van der Waals surface area contributed by atoms with E-state index in [0.29, 0.717) is 11.8 Å². The highest BCUT2D eigenvalue weighted by Gasteiger charge is 2.34. The number of halogens is 1. The van der Waals surface area contributed by atoms with Gasteiger partial charge < -0.3 is 4.57 Å². The Balaban J connectivity index is 2.07. The fourth-order valence-electron chi connectivity index (χ4n) is 2.86. The van der Waals surface area contributed by atoms with Crippen LogP contribution in [-0.4, -0.2) is 14.8 Å². The molecule has 0 spiro atoms. The molecule has 0 amide bonds. The van der Waals surface area contributed by atoms with Gasteiger partial charge in [0.05, 0.1) is 5.88 Å². The first kappa shape index (κ1) is 12.7. The molecule has 0 saturated carbocycles. The Kier molecular flexibility index (Phi) is 2.90. The molecule has 19 heavy (non-hydrogen) atoms. The summed E-state index contributed by atoms with van der Waals surface area (Å²) in [5.74, 6) is 2.66. The minimum Gasteiger partial charge on any atom is -0.308 e. The second kappa shape index (κ2) is 4.34. The maximum Gasteiger partial charge on any atom is 0.148 e. The molecular formula is C15H18ClN3. The fraction of sp³-hybridized carbons (Fsp3) is 0.467. The first-order valence-electron chi connectivity index (χ1n) is 6.61. The molecule has 1 heterocycles. The van der Waals surface area contributed by atoms with Crippen LogP contribution in [0, 0.1) is 0 Å². The van der Waals surface area contributed by atoms with E-state index in [1.807, 2.05) is 0 Å². The summed E-state index contributed by atoms with van der Waals surface area (Å²) in [7, 11) is 0. The first-order chi connectivity index (χ1) is 9.02. The van der Waals surface area contributed by atoms with Crippen molar-refractivity contribution in [3.8, 4) is 0 Å². The quantitative estimate of drug-likeness (QED) is 0.786. The molecule has 100 valence electrons. The van der Waals surface area contributed by atoms with E-state index < -0.39 is 0 Å². The van der Waals surface area contributed by atoms with Gasteiger partial charge in [-0.15, -0.1) is 21.8 Å². The van der Waals surface area contributed by atoms with Crippen LogP contribution in [0.3, 0.4) is 0 Å². The molecule has 1 aromatic heterocycles. The van der Waals surface area contributed by atoms with E-state index in [1.54, 1.807) is 0 Å². The summed E-state index contributed by atoms with van der Waals surface area (Å²) in [6.07, 6.45) is 1.05. The number of benzene rings is 1. The minimum absolute atomic E-state index is 0.0480. The summed E-state index contributed by atoms with van der Waals surface area (Å²) in [6.45, 7) is 6.50. The van der Waals surface area contributed by atoms with E-state index in [2.05, 4.69) is 59.8 Å². The normalized spacial score (nSPS) is 18.0. The highest BCUT2D eigenvalue weighted by Crippen LogP contribution is 2.40. The molecule has 1 aromatic carbocycles. The van der Waals surface area contributed by atoms with E-state index >= 15 is 0 Å². The van der Waals surface area contributed by atoms with Gasteiger partial charge in [-0.3, -0.25) is 0 Å². The third-order valence-corrected chi connectivity index (χ3v) is 3.95. The Labute approximate surface area is 118 Å². The topological polar surface area (TPSA) is 30.7 Å². The molecule has 1 atom stereocenters. The molecule has 4 heteroatoms. The predicted molar refractivity (Wildman–Crippen MR) is 76.6 cm³/mol. The van der Waals surface area contributed by atoms with Gasteiger partial charge in [-0.1, -0.05) is 24.3 Å². The summed E-state index contributed by atoms with van der Waals surface area (Å²) >= 11 is 5.99. The van der Waals surface area contributed by atoms with Gasteiger partial charge >= 0.3 is 0 Å². The van der Waals surface area contributed by atoms with Crippen molar-refractivity contribution in [1.82, 2.24) is 14.8 Å². The van der Waals surface area contributed by atoms with E-state index in [1.165, 1.54) is 11.1 Å². The molecule has 1 unspecified atom stereocenters. The number of alkyl halides is 1. The van der Waals surface area contributed by atoms with Crippen molar-refractivity contribution in [1.29, 1.82) is 0 Å². The molecule has 2 aromatic rings. The molecule has 0 N–H and O–H groups in total. The van der Waals surface area contributed by atoms with Gasteiger partial charge in [-0.05, 0) is 38.3 Å². The number of hydrogen-bond donors (Lipinski definition) is 0. The minimum atomic E-state index is -0.0480. The average Bonchev–Trinajstić information content (AvgIpc) is 2.74. The Hall–Kier alpha value is -1.35. The van der Waals surface area contributed by atoms with Gasteiger partial charge in [0.2, 0.25) is 0 Å². The molecule has 0 saturated heterocycles. The molecule has 3 rings (SSSR count). The molecule has 0 bridgehead atoms. The third-order valence-electron chi connectivity index (χ3n) is 3.71. The molecule has 0 fully saturated rings. The van der Waals surface area contributed by atoms with Crippen LogP contribution in [0.25, 0.3) is 0 Å². The van der Waals surface area contributed by atoms with Gasteiger partial charge in [-0.25, -0.2) is 0 Å². The first-order valence-corrected chi connectivity index (χ1v) is 7.14. The van der Waals surface area contributed by atoms with Gasteiger partial charge in [-0.2, -0.15) is 0 Å². The van der Waals surface area contributed by atoms with Crippen molar-refractivity contribution in [2.24, 2.45) is 0 Å². The fourth-order valence-corrected chi connectivity index (χ4v) is 3.04. The van der Waals surface area contributed by atoms with Crippen LogP contribution < -0.4 is 0 Å². The number of fused-ring (bicyclic) bond motifs is 1. The van der Waals surface area contributed by atoms with Gasteiger partial charge in [0.1, 0.15) is 11.6 Å². The van der Waals surface area contributed by atoms with Crippen molar-refractivity contribution in [2.45, 2.75) is 44.5 Å². The van der Waals surface area contributed by atoms with Crippen LogP contribution in [-0.2, 0) is 17.8 Å². The van der Waals surface area contributed by atoms with Gasteiger partial charge in [0.25, 0.3) is 0 Å². The molecule has 0 aliphatic heterocycles. The lowest BCUT2D eigenvalue weighted by Gasteiger charge is -2.33. The molecule has 0 radical (unpaired) electrons. The Morgan fingerprint density at radius 3 is 2.63 bits per heavy atom. The monoisotopic (exact) mass is 275 g/mol. The van der Waals surface area contributed by atoms with Gasteiger partial charge in [0.15, 0.2) is 0 Å². The van der Waals surface area contributed by atoms with E-state index in [9.17, 15) is 0 Å². The molecular weight excluding hydrogens is 258 g/mol. The number of aromatic nitrogens is 3. The average molecular weight is 276 g/mol. The number of rotatable bonds is 2. The number of hydrogen-bond acceptors (Lipinski definition) is 2. The highest BCUT2D eigenvalue weighted by atomic mass is 35.5. The summed E-state index contributed by atoms with van der Waals surface area (Å²) < 4.78 is 2.20. The summed E-state index contributed by atoms with van der Waals surface area (Å²) in [5.41, 5.74) is 2.75. The standard InChI is InChI=1S/C15H18ClN3/c1-15(2,3)19-13(9-16)17-18-14(19)12-8-10-6-4-5-7-11(10)12/h4-7,12H,8-9H2,1-3H3. The van der Waals surface area contributed by atoms with Gasteiger partial charge in [0, 0.05) is 11.5 Å². The summed E-state index contributed by atoms with van der Waals surface area (Å²) in [4.78, 5) is 0. The zero-order chi connectivity index (χ0) is 13.6. The second-order valence-electron chi connectivity index (χ2n) is 6.07. The lowest BCUT2D eigenvalue weighted by atomic mass is 9.77. The zero-order valence-electron chi connectivity index (χ0n) is 11.5. The number of nitrogens with zero attached hydrogens (tertiary/aromatic N) is 3. The summed E-state index contributed by atoms with van der Waals surface area (Å²) in [6, 6.07) is 8.55. The lowest BCUT2D eigenvalue weighted by Crippen LogP contribution is -2.30. The third kappa shape index (κ3) is 1.96. The predicted octanol–water partition coefficient (Wildman–Crippen LogP) is 3.46. The van der Waals surface area contributed by atoms with Crippen LogP contribution in [0.1, 0.15) is 49.5 Å². The van der Waals surface area contributed by atoms with Crippen LogP contribution in [0.2, 0.25) is 0 Å². The smallest absolute Gasteiger partial charge is 0.148 e. The Morgan fingerprint density at radius 2 is 2.00 bits per heavy atom. The van der Waals surface area contributed by atoms with E-state index in [4.69, 9.17) is 11.6 Å². The van der Waals surface area contributed by atoms with E-state index in [-0.39, 0.29) is 5.54 Å². The SMILES string of the molecule is CC(C)(C)n1c(CCl)nnc1C1Cc2ccccc21. The molecule has 1 aliphatic carbocycles. The molecule has 3 nitrogen and oxygen atoms in total. The van der Waals surface area contributed by atoms with Crippen molar-refractivity contribution in [3.05, 3.63) is 47.0 Å². The molecule has 1 aliphatic rings. The zero-order valence-corrected chi connectivity index (χ0v) is 12.3. The van der Waals surface area contributed by atoms with Crippen LogP contribution in [0.5, 0.6) is 0 Å². The summed E-state index contributed by atoms with van der Waals surface area (Å²) in [5, 5.41) is 8.66. The van der Waals surface area contributed by atoms with Crippen LogP contribution in [0.4, 0.5) is 0 Å². The Morgan fingerprint density at radius 1 is 1.26 bits per heavy atom. The maximum absolute atomic E-state index is 5.99. The highest BCUT2D eigenvalue weighted by molar-refractivity contribution is 6.16. The van der Waals surface area contributed by atoms with Crippen molar-refractivity contribution in [3.63, 3.8) is 0 Å². The van der Waals surface area contributed by atoms with Crippen molar-refractivity contribution >= 4 is 11.6 Å². The maximum atomic E-state index is 5.99. The second-order valence-corrected chi connectivity index (χ2v) is 6.34. The Bertz CT molecular complexity index is 610. The van der Waals surface area contributed by atoms with E-state index in [0.717, 1.165) is 18.1 Å². The van der Waals surface area contributed by atoms with Crippen molar-refractivity contribution in [2.75, 3.05) is 0 Å². The van der Waals surface area contributed by atoms with Crippen LogP contribution >= 0.6 is 11.6 Å².